The van der Waals surface area contributed by atoms with Gasteiger partial charge in [0.05, 0.1) is 24.8 Å². The summed E-state index contributed by atoms with van der Waals surface area (Å²) >= 11 is 5.97. The van der Waals surface area contributed by atoms with Crippen LogP contribution in [0.1, 0.15) is 49.1 Å². The molecule has 0 spiro atoms. The lowest BCUT2D eigenvalue weighted by atomic mass is 10.1. The maximum atomic E-state index is 13.0. The van der Waals surface area contributed by atoms with Crippen LogP contribution in [0.25, 0.3) is 11.3 Å². The number of halogens is 1. The molecule has 0 radical (unpaired) electrons. The molecule has 148 valence electrons. The highest BCUT2D eigenvalue weighted by Gasteiger charge is 2.32. The first-order chi connectivity index (χ1) is 13.5. The van der Waals surface area contributed by atoms with Crippen molar-refractivity contribution in [1.29, 1.82) is 5.41 Å². The van der Waals surface area contributed by atoms with Crippen molar-refractivity contribution in [1.82, 2.24) is 20.0 Å². The molecule has 1 aromatic carbocycles. The van der Waals surface area contributed by atoms with E-state index < -0.39 is 0 Å². The molecule has 3 rings (SSSR count). The molecule has 0 saturated carbocycles. The maximum absolute atomic E-state index is 13.0. The highest BCUT2D eigenvalue weighted by molar-refractivity contribution is 6.30. The standard InChI is InChI=1S/C20H24ClN5O2/c1-2-3-4-16-12-25(13-23-19(27)9-10-22)20(28)18-11-17(24-26(16)18)14-5-7-15(21)8-6-14/h5-8,10-11,16,22H,2-4,9,12-13H2,1H3,(H,23,27). The van der Waals surface area contributed by atoms with E-state index in [0.29, 0.717) is 17.3 Å². The van der Waals surface area contributed by atoms with Crippen LogP contribution in [0.5, 0.6) is 0 Å². The SMILES string of the molecule is CCCCC1CN(CNC(=O)CC=N)C(=O)c2cc(-c3ccc(Cl)cc3)nn21. The normalized spacial score (nSPS) is 16.0. The minimum Gasteiger partial charge on any atom is -0.338 e. The van der Waals surface area contributed by atoms with Crippen LogP contribution in [0.15, 0.2) is 30.3 Å². The monoisotopic (exact) mass is 401 g/mol. The number of unbranched alkanes of at least 4 members (excludes halogenated alkanes) is 1. The Labute approximate surface area is 169 Å². The molecular weight excluding hydrogens is 378 g/mol. The molecular formula is C20H24ClN5O2. The number of hydrogen-bond donors (Lipinski definition) is 2. The molecule has 2 aromatic rings. The van der Waals surface area contributed by atoms with Gasteiger partial charge in [-0.1, -0.05) is 43.5 Å². The van der Waals surface area contributed by atoms with Gasteiger partial charge in [-0.3, -0.25) is 14.3 Å². The van der Waals surface area contributed by atoms with Crippen molar-refractivity contribution in [2.45, 2.75) is 38.6 Å². The summed E-state index contributed by atoms with van der Waals surface area (Å²) in [5, 5.41) is 15.1. The molecule has 2 heterocycles. The number of carbonyl (C=O) groups excluding carboxylic acids is 2. The Hall–Kier alpha value is -2.67. The van der Waals surface area contributed by atoms with Gasteiger partial charge in [-0.25, -0.2) is 0 Å². The highest BCUT2D eigenvalue weighted by atomic mass is 35.5. The number of amides is 2. The third-order valence-corrected chi connectivity index (χ3v) is 5.06. The topological polar surface area (TPSA) is 91.1 Å². The molecule has 7 nitrogen and oxygen atoms in total. The van der Waals surface area contributed by atoms with E-state index in [0.717, 1.165) is 36.7 Å². The Morgan fingerprint density at radius 1 is 1.39 bits per heavy atom. The van der Waals surface area contributed by atoms with Crippen molar-refractivity contribution < 1.29 is 9.59 Å². The summed E-state index contributed by atoms with van der Waals surface area (Å²) in [6.07, 6.45) is 4.05. The lowest BCUT2D eigenvalue weighted by molar-refractivity contribution is -0.120. The van der Waals surface area contributed by atoms with Crippen molar-refractivity contribution in [2.75, 3.05) is 13.2 Å². The summed E-state index contributed by atoms with van der Waals surface area (Å²) < 4.78 is 1.83. The zero-order chi connectivity index (χ0) is 20.1. The Kier molecular flexibility index (Phi) is 6.46. The fourth-order valence-electron chi connectivity index (χ4n) is 3.31. The second kappa shape index (κ2) is 9.01. The van der Waals surface area contributed by atoms with E-state index in [2.05, 4.69) is 12.2 Å². The Morgan fingerprint density at radius 2 is 2.14 bits per heavy atom. The van der Waals surface area contributed by atoms with Crippen molar-refractivity contribution in [3.8, 4) is 11.3 Å². The van der Waals surface area contributed by atoms with E-state index in [1.165, 1.54) is 0 Å². The van der Waals surface area contributed by atoms with Crippen LogP contribution in [0.4, 0.5) is 0 Å². The Balaban J connectivity index is 1.86. The van der Waals surface area contributed by atoms with Crippen molar-refractivity contribution in [3.05, 3.63) is 41.0 Å². The first kappa shape index (κ1) is 20.1. The van der Waals surface area contributed by atoms with Gasteiger partial charge >= 0.3 is 0 Å². The molecule has 2 N–H and O–H groups in total. The van der Waals surface area contributed by atoms with Gasteiger partial charge in [0.1, 0.15) is 5.69 Å². The molecule has 8 heteroatoms. The average Bonchev–Trinajstić information content (AvgIpc) is 3.13. The van der Waals surface area contributed by atoms with Gasteiger partial charge in [0.15, 0.2) is 0 Å². The molecule has 0 fully saturated rings. The smallest absolute Gasteiger partial charge is 0.273 e. The molecule has 28 heavy (non-hydrogen) atoms. The van der Waals surface area contributed by atoms with Crippen LogP contribution in [-0.4, -0.2) is 45.9 Å². The number of aromatic nitrogens is 2. The Morgan fingerprint density at radius 3 is 2.82 bits per heavy atom. The second-order valence-corrected chi connectivity index (χ2v) is 7.29. The molecule has 0 saturated heterocycles. The summed E-state index contributed by atoms with van der Waals surface area (Å²) in [7, 11) is 0. The minimum absolute atomic E-state index is 0.0138. The van der Waals surface area contributed by atoms with Gasteiger partial charge in [-0.15, -0.1) is 0 Å². The van der Waals surface area contributed by atoms with E-state index in [9.17, 15) is 9.59 Å². The predicted molar refractivity (Wildman–Crippen MR) is 109 cm³/mol. The third kappa shape index (κ3) is 4.42. The second-order valence-electron chi connectivity index (χ2n) is 6.86. The number of rotatable bonds is 8. The van der Waals surface area contributed by atoms with Gasteiger partial charge < -0.3 is 15.6 Å². The predicted octanol–water partition coefficient (Wildman–Crippen LogP) is 3.50. The summed E-state index contributed by atoms with van der Waals surface area (Å²) in [5.41, 5.74) is 2.16. The number of nitrogens with one attached hydrogen (secondary N) is 2. The van der Waals surface area contributed by atoms with E-state index in [1.54, 1.807) is 23.1 Å². The van der Waals surface area contributed by atoms with Gasteiger partial charge in [-0.2, -0.15) is 5.10 Å². The van der Waals surface area contributed by atoms with Gasteiger partial charge in [0.25, 0.3) is 5.91 Å². The lowest BCUT2D eigenvalue weighted by Gasteiger charge is -2.33. The molecule has 1 unspecified atom stereocenters. The van der Waals surface area contributed by atoms with E-state index in [4.69, 9.17) is 22.1 Å². The molecule has 1 aromatic heterocycles. The largest absolute Gasteiger partial charge is 0.338 e. The molecule has 1 atom stereocenters. The van der Waals surface area contributed by atoms with Gasteiger partial charge in [0, 0.05) is 23.3 Å². The van der Waals surface area contributed by atoms with Crippen LogP contribution >= 0.6 is 11.6 Å². The zero-order valence-corrected chi connectivity index (χ0v) is 16.6. The van der Waals surface area contributed by atoms with Crippen molar-refractivity contribution in [2.24, 2.45) is 0 Å². The Bertz CT molecular complexity index is 862. The average molecular weight is 402 g/mol. The third-order valence-electron chi connectivity index (χ3n) is 4.80. The summed E-state index contributed by atoms with van der Waals surface area (Å²) in [5.74, 6) is -0.426. The molecule has 1 aliphatic heterocycles. The fourth-order valence-corrected chi connectivity index (χ4v) is 3.44. The van der Waals surface area contributed by atoms with E-state index in [1.807, 2.05) is 16.8 Å². The van der Waals surface area contributed by atoms with Crippen LogP contribution in [-0.2, 0) is 4.79 Å². The van der Waals surface area contributed by atoms with Crippen LogP contribution in [0, 0.1) is 5.41 Å². The molecule has 0 aliphatic carbocycles. The number of hydrogen-bond acceptors (Lipinski definition) is 4. The van der Waals surface area contributed by atoms with Gasteiger partial charge in [-0.05, 0) is 24.6 Å². The molecule has 0 bridgehead atoms. The first-order valence-corrected chi connectivity index (χ1v) is 9.81. The van der Waals surface area contributed by atoms with E-state index >= 15 is 0 Å². The van der Waals surface area contributed by atoms with Crippen LogP contribution < -0.4 is 5.32 Å². The lowest BCUT2D eigenvalue weighted by Crippen LogP contribution is -2.48. The molecule has 1 aliphatic rings. The highest BCUT2D eigenvalue weighted by Crippen LogP contribution is 2.29. The number of benzene rings is 1. The van der Waals surface area contributed by atoms with Crippen molar-refractivity contribution in [3.63, 3.8) is 0 Å². The van der Waals surface area contributed by atoms with E-state index in [-0.39, 0.29) is 30.9 Å². The van der Waals surface area contributed by atoms with Crippen LogP contribution in [0.2, 0.25) is 5.02 Å². The summed E-state index contributed by atoms with van der Waals surface area (Å²) in [4.78, 5) is 26.3. The first-order valence-electron chi connectivity index (χ1n) is 9.44. The summed E-state index contributed by atoms with van der Waals surface area (Å²) in [6.45, 7) is 2.76. The maximum Gasteiger partial charge on any atom is 0.273 e. The quantitative estimate of drug-likeness (QED) is 0.663. The number of carbonyl (C=O) groups is 2. The summed E-state index contributed by atoms with van der Waals surface area (Å²) in [6, 6.07) is 9.24. The van der Waals surface area contributed by atoms with Crippen molar-refractivity contribution >= 4 is 29.6 Å². The molecule has 2 amide bonds. The number of nitrogens with zero attached hydrogens (tertiary/aromatic N) is 3. The minimum atomic E-state index is -0.270. The van der Waals surface area contributed by atoms with Crippen LogP contribution in [0.3, 0.4) is 0 Å². The fraction of sp³-hybridized carbons (Fsp3) is 0.400. The number of fused-ring (bicyclic) bond motifs is 1. The van der Waals surface area contributed by atoms with Gasteiger partial charge in [0.2, 0.25) is 5.91 Å². The zero-order valence-electron chi connectivity index (χ0n) is 15.8.